The summed E-state index contributed by atoms with van der Waals surface area (Å²) in [6.45, 7) is 4.47. The second-order valence-corrected chi connectivity index (χ2v) is 6.53. The number of nitrogens with one attached hydrogen (secondary N) is 2. The molecule has 0 atom stereocenters. The molecule has 7 nitrogen and oxygen atoms in total. The van der Waals surface area contributed by atoms with Crippen molar-refractivity contribution in [3.05, 3.63) is 80.7 Å². The van der Waals surface area contributed by atoms with Crippen LogP contribution < -0.4 is 20.5 Å². The Hall–Kier alpha value is -3.32. The molecule has 150 valence electrons. The number of hydrogen-bond donors (Lipinski definition) is 2. The van der Waals surface area contributed by atoms with Crippen molar-refractivity contribution in [3.8, 4) is 11.5 Å². The maximum atomic E-state index is 11.5. The Morgan fingerprint density at radius 1 is 1.17 bits per heavy atom. The lowest BCUT2D eigenvalue weighted by molar-refractivity contribution is 0.269. The molecule has 0 saturated carbocycles. The van der Waals surface area contributed by atoms with Crippen LogP contribution in [0.3, 0.4) is 0 Å². The van der Waals surface area contributed by atoms with E-state index in [1.165, 1.54) is 6.07 Å². The van der Waals surface area contributed by atoms with Crippen LogP contribution >= 0.6 is 11.6 Å². The molecule has 0 spiro atoms. The van der Waals surface area contributed by atoms with Crippen molar-refractivity contribution < 1.29 is 9.47 Å². The summed E-state index contributed by atoms with van der Waals surface area (Å²) in [7, 11) is 0. The summed E-state index contributed by atoms with van der Waals surface area (Å²) >= 11 is 6.18. The SMILES string of the molecule is CCOc1cc(/C=N/Nc2nc(C)cc(=O)[nH]2)ccc1OCc1ccccc1Cl. The second-order valence-electron chi connectivity index (χ2n) is 6.12. The minimum absolute atomic E-state index is 0.242. The zero-order chi connectivity index (χ0) is 20.6. The summed E-state index contributed by atoms with van der Waals surface area (Å²) in [6.07, 6.45) is 1.60. The molecular formula is C21H21ClN4O3. The van der Waals surface area contributed by atoms with Crippen molar-refractivity contribution in [2.75, 3.05) is 12.0 Å². The molecule has 0 bridgehead atoms. The molecule has 0 radical (unpaired) electrons. The number of aryl methyl sites for hydroxylation is 1. The lowest BCUT2D eigenvalue weighted by atomic mass is 10.2. The number of anilines is 1. The van der Waals surface area contributed by atoms with E-state index in [9.17, 15) is 4.79 Å². The monoisotopic (exact) mass is 412 g/mol. The number of halogens is 1. The van der Waals surface area contributed by atoms with Crippen molar-refractivity contribution in [1.29, 1.82) is 0 Å². The molecular weight excluding hydrogens is 392 g/mol. The standard InChI is InChI=1S/C21H21ClN4O3/c1-3-28-19-11-15(12-23-26-21-24-14(2)10-20(27)25-21)8-9-18(19)29-13-16-6-4-5-7-17(16)22/h4-12H,3,13H2,1-2H3,(H2,24,25,26,27)/b23-12+. The number of benzene rings is 2. The summed E-state index contributed by atoms with van der Waals surface area (Å²) in [5.41, 5.74) is 4.76. The number of ether oxygens (including phenoxy) is 2. The van der Waals surface area contributed by atoms with Crippen LogP contribution in [-0.4, -0.2) is 22.8 Å². The van der Waals surface area contributed by atoms with Crippen LogP contribution in [0.1, 0.15) is 23.7 Å². The fourth-order valence-electron chi connectivity index (χ4n) is 2.56. The number of hydrogen-bond acceptors (Lipinski definition) is 6. The zero-order valence-corrected chi connectivity index (χ0v) is 16.9. The Bertz CT molecular complexity index is 1070. The first-order chi connectivity index (χ1) is 14.0. The fourth-order valence-corrected chi connectivity index (χ4v) is 2.75. The molecule has 0 saturated heterocycles. The third-order valence-corrected chi connectivity index (χ3v) is 4.23. The third kappa shape index (κ3) is 5.83. The molecule has 0 aliphatic heterocycles. The fraction of sp³-hybridized carbons (Fsp3) is 0.190. The normalized spacial score (nSPS) is 10.9. The first kappa shape index (κ1) is 20.4. The highest BCUT2D eigenvalue weighted by Gasteiger charge is 2.08. The van der Waals surface area contributed by atoms with Crippen LogP contribution in [0.15, 0.2) is 58.4 Å². The zero-order valence-electron chi connectivity index (χ0n) is 16.1. The molecule has 0 unspecified atom stereocenters. The van der Waals surface area contributed by atoms with Crippen molar-refractivity contribution in [2.45, 2.75) is 20.5 Å². The maximum absolute atomic E-state index is 11.5. The van der Waals surface area contributed by atoms with Gasteiger partial charge < -0.3 is 9.47 Å². The Labute approximate surface area is 173 Å². The van der Waals surface area contributed by atoms with Gasteiger partial charge in [-0.3, -0.25) is 9.78 Å². The molecule has 0 fully saturated rings. The van der Waals surface area contributed by atoms with E-state index in [4.69, 9.17) is 21.1 Å². The Kier molecular flexibility index (Phi) is 6.86. The van der Waals surface area contributed by atoms with Gasteiger partial charge in [0.2, 0.25) is 5.95 Å². The van der Waals surface area contributed by atoms with E-state index >= 15 is 0 Å². The van der Waals surface area contributed by atoms with Crippen molar-refractivity contribution >= 4 is 23.8 Å². The average Bonchev–Trinajstić information content (AvgIpc) is 2.68. The molecule has 0 aliphatic carbocycles. The van der Waals surface area contributed by atoms with E-state index < -0.39 is 0 Å². The summed E-state index contributed by atoms with van der Waals surface area (Å²) in [4.78, 5) is 18.2. The van der Waals surface area contributed by atoms with E-state index in [1.807, 2.05) is 49.4 Å². The number of nitrogens with zero attached hydrogens (tertiary/aromatic N) is 2. The van der Waals surface area contributed by atoms with E-state index in [0.29, 0.717) is 35.4 Å². The first-order valence-corrected chi connectivity index (χ1v) is 9.43. The smallest absolute Gasteiger partial charge is 0.252 e. The number of aromatic nitrogens is 2. The number of aromatic amines is 1. The third-order valence-electron chi connectivity index (χ3n) is 3.86. The first-order valence-electron chi connectivity index (χ1n) is 9.05. The van der Waals surface area contributed by atoms with Crippen molar-refractivity contribution in [1.82, 2.24) is 9.97 Å². The van der Waals surface area contributed by atoms with Gasteiger partial charge in [-0.2, -0.15) is 5.10 Å². The van der Waals surface area contributed by atoms with Crippen LogP contribution in [-0.2, 0) is 6.61 Å². The van der Waals surface area contributed by atoms with Crippen molar-refractivity contribution in [3.63, 3.8) is 0 Å². The molecule has 8 heteroatoms. The van der Waals surface area contributed by atoms with Gasteiger partial charge in [-0.15, -0.1) is 0 Å². The van der Waals surface area contributed by atoms with Gasteiger partial charge >= 0.3 is 0 Å². The number of H-pyrrole nitrogens is 1. The van der Waals surface area contributed by atoms with Crippen LogP contribution in [0, 0.1) is 6.92 Å². The van der Waals surface area contributed by atoms with Gasteiger partial charge in [0.15, 0.2) is 11.5 Å². The van der Waals surface area contributed by atoms with Gasteiger partial charge in [0, 0.05) is 22.3 Å². The highest BCUT2D eigenvalue weighted by atomic mass is 35.5. The lowest BCUT2D eigenvalue weighted by Crippen LogP contribution is -2.10. The van der Waals surface area contributed by atoms with Crippen LogP contribution in [0.4, 0.5) is 5.95 Å². The number of hydrazone groups is 1. The van der Waals surface area contributed by atoms with E-state index in [1.54, 1.807) is 13.1 Å². The van der Waals surface area contributed by atoms with Gasteiger partial charge in [0.05, 0.1) is 12.8 Å². The van der Waals surface area contributed by atoms with E-state index in [-0.39, 0.29) is 11.5 Å². The Balaban J connectivity index is 1.71. The van der Waals surface area contributed by atoms with Gasteiger partial charge in [0.1, 0.15) is 6.61 Å². The number of rotatable bonds is 8. The molecule has 2 aromatic carbocycles. The van der Waals surface area contributed by atoms with Gasteiger partial charge in [-0.25, -0.2) is 10.4 Å². The second kappa shape index (κ2) is 9.75. The molecule has 1 heterocycles. The highest BCUT2D eigenvalue weighted by Crippen LogP contribution is 2.29. The minimum atomic E-state index is -0.242. The highest BCUT2D eigenvalue weighted by molar-refractivity contribution is 6.31. The van der Waals surface area contributed by atoms with Crippen molar-refractivity contribution in [2.24, 2.45) is 5.10 Å². The summed E-state index contributed by atoms with van der Waals surface area (Å²) in [6, 6.07) is 14.4. The van der Waals surface area contributed by atoms with Gasteiger partial charge in [0.25, 0.3) is 5.56 Å². The largest absolute Gasteiger partial charge is 0.490 e. The van der Waals surface area contributed by atoms with Gasteiger partial charge in [-0.05, 0) is 43.7 Å². The lowest BCUT2D eigenvalue weighted by Gasteiger charge is -2.13. The molecule has 3 rings (SSSR count). The summed E-state index contributed by atoms with van der Waals surface area (Å²) in [5.74, 6) is 1.49. The average molecular weight is 413 g/mol. The molecule has 1 aromatic heterocycles. The van der Waals surface area contributed by atoms with Crippen LogP contribution in [0.2, 0.25) is 5.02 Å². The molecule has 3 aromatic rings. The molecule has 2 N–H and O–H groups in total. The van der Waals surface area contributed by atoms with Crippen LogP contribution in [0.5, 0.6) is 11.5 Å². The minimum Gasteiger partial charge on any atom is -0.490 e. The Morgan fingerprint density at radius 2 is 2.00 bits per heavy atom. The van der Waals surface area contributed by atoms with Gasteiger partial charge in [-0.1, -0.05) is 29.8 Å². The molecule has 0 aliphatic rings. The topological polar surface area (TPSA) is 88.6 Å². The quantitative estimate of drug-likeness (QED) is 0.428. The van der Waals surface area contributed by atoms with E-state index in [0.717, 1.165) is 11.1 Å². The van der Waals surface area contributed by atoms with Crippen LogP contribution in [0.25, 0.3) is 0 Å². The predicted octanol–water partition coefficient (Wildman–Crippen LogP) is 4.16. The molecule has 29 heavy (non-hydrogen) atoms. The predicted molar refractivity (Wildman–Crippen MR) is 114 cm³/mol. The maximum Gasteiger partial charge on any atom is 0.252 e. The summed E-state index contributed by atoms with van der Waals surface area (Å²) < 4.78 is 11.6. The summed E-state index contributed by atoms with van der Waals surface area (Å²) in [5, 5.41) is 4.76. The molecule has 0 amide bonds. The Morgan fingerprint density at radius 3 is 2.76 bits per heavy atom. The van der Waals surface area contributed by atoms with E-state index in [2.05, 4.69) is 20.5 Å².